The Hall–Kier alpha value is -2.34. The van der Waals surface area contributed by atoms with Crippen LogP contribution in [0.25, 0.3) is 11.0 Å². The van der Waals surface area contributed by atoms with Crippen molar-refractivity contribution in [2.45, 2.75) is 38.0 Å². The molecule has 40 heavy (non-hydrogen) atoms. The molecule has 22 heteroatoms. The van der Waals surface area contributed by atoms with E-state index in [0.717, 1.165) is 27.0 Å². The van der Waals surface area contributed by atoms with Gasteiger partial charge in [0.1, 0.15) is 24.0 Å². The first-order valence-electron chi connectivity index (χ1n) is 10.9. The molecule has 3 unspecified atom stereocenters. The van der Waals surface area contributed by atoms with E-state index >= 15 is 0 Å². The maximum absolute atomic E-state index is 13.2. The van der Waals surface area contributed by atoms with Crippen LogP contribution in [0.1, 0.15) is 17.5 Å². The predicted molar refractivity (Wildman–Crippen MR) is 129 cm³/mol. The molecule has 19 nitrogen and oxygen atoms in total. The second-order valence-electron chi connectivity index (χ2n) is 8.44. The number of nitrogens with zero attached hydrogens (tertiary/aromatic N) is 3. The third kappa shape index (κ3) is 6.75. The Morgan fingerprint density at radius 1 is 1.00 bits per heavy atom. The van der Waals surface area contributed by atoms with Gasteiger partial charge in [-0.1, -0.05) is 17.3 Å². The molecule has 6 atom stereocenters. The first kappa shape index (κ1) is 30.6. The number of para-hydroxylation sites is 1. The Balaban J connectivity index is 1.51. The van der Waals surface area contributed by atoms with Gasteiger partial charge in [-0.15, -0.1) is 0 Å². The van der Waals surface area contributed by atoms with Crippen LogP contribution in [0, 0.1) is 6.92 Å². The van der Waals surface area contributed by atoms with Crippen molar-refractivity contribution in [3.63, 3.8) is 0 Å². The Kier molecular flexibility index (Phi) is 8.53. The Bertz CT molecular complexity index is 1680. The number of ether oxygens (including phenoxy) is 1. The number of rotatable bonds is 10. The van der Waals surface area contributed by atoms with E-state index in [0.29, 0.717) is 11.0 Å². The van der Waals surface area contributed by atoms with E-state index in [1.165, 1.54) is 0 Å². The molecule has 0 aliphatic carbocycles. The van der Waals surface area contributed by atoms with E-state index in [-0.39, 0.29) is 12.2 Å². The Morgan fingerprint density at radius 3 is 2.38 bits per heavy atom. The summed E-state index contributed by atoms with van der Waals surface area (Å²) < 4.78 is 57.9. The highest BCUT2D eigenvalue weighted by molar-refractivity contribution is 7.66. The summed E-state index contributed by atoms with van der Waals surface area (Å²) >= 11 is 0. The topological polar surface area (TPSA) is 280 Å². The molecule has 0 amide bonds. The number of hydrogen-bond acceptors (Lipinski definition) is 13. The molecule has 3 aromatic rings. The molecule has 3 heterocycles. The molecular formula is C18H22N3O16P3. The van der Waals surface area contributed by atoms with E-state index < -0.39 is 65.9 Å². The number of phosphoric acid groups is 3. The zero-order chi connectivity index (χ0) is 29.6. The number of phosphoric ester groups is 1. The fraction of sp³-hybridized carbons (Fsp3) is 0.389. The molecule has 1 fully saturated rings. The number of hydrogen-bond donors (Lipinski definition) is 6. The number of aliphatic hydroxyl groups excluding tert-OH is 2. The van der Waals surface area contributed by atoms with E-state index in [4.69, 9.17) is 19.0 Å². The molecule has 0 saturated carbocycles. The Morgan fingerprint density at radius 2 is 1.70 bits per heavy atom. The zero-order valence-corrected chi connectivity index (χ0v) is 22.7. The second kappa shape index (κ2) is 11.2. The lowest BCUT2D eigenvalue weighted by Gasteiger charge is -2.19. The van der Waals surface area contributed by atoms with Gasteiger partial charge in [-0.25, -0.2) is 18.5 Å². The highest BCUT2D eigenvalue weighted by atomic mass is 31.3. The molecule has 1 aliphatic rings. The molecular weight excluding hydrogens is 607 g/mol. The lowest BCUT2D eigenvalue weighted by Crippen LogP contribution is -2.43. The van der Waals surface area contributed by atoms with Gasteiger partial charge in [0.25, 0.3) is 5.56 Å². The molecule has 0 radical (unpaired) electrons. The van der Waals surface area contributed by atoms with Crippen LogP contribution in [0.4, 0.5) is 0 Å². The molecule has 0 spiro atoms. The number of fused-ring (bicyclic) bond motifs is 1. The minimum Gasteiger partial charge on any atom is -0.387 e. The largest absolute Gasteiger partial charge is 0.490 e. The van der Waals surface area contributed by atoms with Crippen molar-refractivity contribution in [3.8, 4) is 0 Å². The van der Waals surface area contributed by atoms with E-state index in [2.05, 4.69) is 18.3 Å². The van der Waals surface area contributed by atoms with Crippen molar-refractivity contribution in [2.24, 2.45) is 0 Å². The SMILES string of the molecule is Cc1cccc2c(Cn3c(=O)ccn([C@@H]4O[C@H](COP(=O)(O)OP(=O)(O)OP(=O)(O)O)[C@H](O)C4O)c3=O)noc12. The van der Waals surface area contributed by atoms with Crippen LogP contribution in [0.3, 0.4) is 0 Å². The van der Waals surface area contributed by atoms with Gasteiger partial charge >= 0.3 is 29.2 Å². The van der Waals surface area contributed by atoms with Crippen LogP contribution in [0.2, 0.25) is 0 Å². The number of aliphatic hydroxyl groups is 2. The van der Waals surface area contributed by atoms with Crippen LogP contribution in [0.15, 0.2) is 44.6 Å². The first-order chi connectivity index (χ1) is 18.5. The van der Waals surface area contributed by atoms with E-state index in [1.54, 1.807) is 25.1 Å². The summed E-state index contributed by atoms with van der Waals surface area (Å²) in [7, 11) is -17.0. The van der Waals surface area contributed by atoms with Crippen LogP contribution in [0.5, 0.6) is 0 Å². The van der Waals surface area contributed by atoms with Crippen LogP contribution < -0.4 is 11.2 Å². The average molecular weight is 629 g/mol. The quantitative estimate of drug-likeness (QED) is 0.154. The highest BCUT2D eigenvalue weighted by Crippen LogP contribution is 2.66. The van der Waals surface area contributed by atoms with Gasteiger partial charge in [0.2, 0.25) is 0 Å². The van der Waals surface area contributed by atoms with Gasteiger partial charge in [-0.2, -0.15) is 8.62 Å². The van der Waals surface area contributed by atoms with Gasteiger partial charge < -0.3 is 39.0 Å². The number of aryl methyl sites for hydroxylation is 1. The predicted octanol–water partition coefficient (Wildman–Crippen LogP) is -0.530. The van der Waals surface area contributed by atoms with Crippen molar-refractivity contribution >= 4 is 34.4 Å². The van der Waals surface area contributed by atoms with Crippen molar-refractivity contribution < 1.29 is 65.9 Å². The van der Waals surface area contributed by atoms with Crippen molar-refractivity contribution in [2.75, 3.05) is 6.61 Å². The minimum absolute atomic E-state index is 0.262. The summed E-state index contributed by atoms with van der Waals surface area (Å²) in [6, 6.07) is 6.18. The van der Waals surface area contributed by atoms with E-state index in [9.17, 15) is 43.3 Å². The van der Waals surface area contributed by atoms with Gasteiger partial charge in [0, 0.05) is 17.6 Å². The van der Waals surface area contributed by atoms with Crippen LogP contribution in [-0.4, -0.2) is 69.0 Å². The van der Waals surface area contributed by atoms with Crippen LogP contribution in [-0.2, 0) is 38.1 Å². The van der Waals surface area contributed by atoms with Gasteiger partial charge in [-0.3, -0.25) is 18.5 Å². The number of aromatic nitrogens is 3. The lowest BCUT2D eigenvalue weighted by atomic mass is 10.1. The molecule has 4 rings (SSSR count). The third-order valence-electron chi connectivity index (χ3n) is 5.60. The van der Waals surface area contributed by atoms with Crippen LogP contribution >= 0.6 is 23.5 Å². The van der Waals surface area contributed by atoms with Gasteiger partial charge in [0.05, 0.1) is 13.2 Å². The number of benzene rings is 1. The zero-order valence-electron chi connectivity index (χ0n) is 20.1. The molecule has 2 aromatic heterocycles. The second-order valence-corrected chi connectivity index (χ2v) is 12.9. The molecule has 1 aliphatic heterocycles. The molecule has 1 aromatic carbocycles. The minimum atomic E-state index is -5.79. The molecule has 220 valence electrons. The summed E-state index contributed by atoms with van der Waals surface area (Å²) in [6.45, 7) is 0.372. The van der Waals surface area contributed by atoms with Crippen molar-refractivity contribution in [1.29, 1.82) is 0 Å². The summed E-state index contributed by atoms with van der Waals surface area (Å²) in [4.78, 5) is 61.6. The fourth-order valence-corrected chi connectivity index (χ4v) is 6.88. The maximum atomic E-state index is 13.2. The van der Waals surface area contributed by atoms with Gasteiger partial charge in [-0.05, 0) is 18.6 Å². The third-order valence-corrected chi connectivity index (χ3v) is 9.41. The Labute approximate surface area is 222 Å². The summed E-state index contributed by atoms with van der Waals surface area (Å²) in [6.07, 6.45) is -5.99. The smallest absolute Gasteiger partial charge is 0.387 e. The standard InChI is InChI=1S/C18H22N3O16P3/c1-9-3-2-4-10-11(19-35-16(9)10)7-21-13(22)5-6-20(18(21)25)17-15(24)14(23)12(34-17)8-33-39(29,30)37-40(31,32)36-38(26,27)28/h2-6,12,14-15,17,23-24H,7-8H2,1H3,(H,29,30)(H,31,32)(H2,26,27,28)/t12-,14+,15?,17-/m1/s1. The summed E-state index contributed by atoms with van der Waals surface area (Å²) in [5, 5.41) is 25.3. The first-order valence-corrected chi connectivity index (χ1v) is 15.5. The monoisotopic (exact) mass is 629 g/mol. The van der Waals surface area contributed by atoms with E-state index in [1.807, 2.05) is 0 Å². The van der Waals surface area contributed by atoms with Gasteiger partial charge in [0.15, 0.2) is 11.8 Å². The maximum Gasteiger partial charge on any atom is 0.490 e. The normalized spacial score (nSPS) is 24.7. The fourth-order valence-electron chi connectivity index (χ4n) is 3.85. The lowest BCUT2D eigenvalue weighted by molar-refractivity contribution is -0.0547. The molecule has 1 saturated heterocycles. The summed E-state index contributed by atoms with van der Waals surface area (Å²) in [5.74, 6) is 0. The summed E-state index contributed by atoms with van der Waals surface area (Å²) in [5.41, 5.74) is -0.230. The van der Waals surface area contributed by atoms with Crippen molar-refractivity contribution in [3.05, 3.63) is 62.6 Å². The van der Waals surface area contributed by atoms with Crippen molar-refractivity contribution in [1.82, 2.24) is 14.3 Å². The molecule has 0 bridgehead atoms. The average Bonchev–Trinajstić information content (AvgIpc) is 3.35. The highest BCUT2D eigenvalue weighted by Gasteiger charge is 2.47. The molecule has 6 N–H and O–H groups in total.